The normalized spacial score (nSPS) is 11.8. The van der Waals surface area contributed by atoms with Crippen molar-refractivity contribution in [2.45, 2.75) is 17.0 Å². The van der Waals surface area contributed by atoms with E-state index in [2.05, 4.69) is 20.5 Å². The number of aliphatic carboxylic acids is 1. The molecule has 1 aromatic carbocycles. The number of aromatic amines is 1. The Bertz CT molecular complexity index is 598. The molecule has 1 unspecified atom stereocenters. The van der Waals surface area contributed by atoms with Crippen LogP contribution in [-0.4, -0.2) is 32.2 Å². The van der Waals surface area contributed by atoms with E-state index in [4.69, 9.17) is 5.11 Å². The number of carboxylic acid groups (broad SMARTS) is 1. The van der Waals surface area contributed by atoms with Crippen LogP contribution in [0.15, 0.2) is 40.6 Å². The Labute approximate surface area is 118 Å². The van der Waals surface area contributed by atoms with Crippen LogP contribution in [0.4, 0.5) is 5.69 Å². The SMILES string of the molecule is CC(C(=O)O)C(=O)Nc1ccc(Sc2ncn[nH]2)cc1. The molecule has 0 aliphatic heterocycles. The number of nitrogens with one attached hydrogen (secondary N) is 2. The van der Waals surface area contributed by atoms with Crippen LogP contribution in [0.1, 0.15) is 6.92 Å². The van der Waals surface area contributed by atoms with E-state index in [0.717, 1.165) is 4.90 Å². The van der Waals surface area contributed by atoms with Crippen LogP contribution in [0.5, 0.6) is 0 Å². The molecular formula is C12H12N4O3S. The Hall–Kier alpha value is -2.35. The molecule has 7 nitrogen and oxygen atoms in total. The van der Waals surface area contributed by atoms with E-state index in [1.807, 2.05) is 0 Å². The predicted molar refractivity (Wildman–Crippen MR) is 72.4 cm³/mol. The fourth-order valence-electron chi connectivity index (χ4n) is 1.32. The zero-order valence-corrected chi connectivity index (χ0v) is 11.3. The molecule has 104 valence electrons. The fourth-order valence-corrected chi connectivity index (χ4v) is 2.02. The van der Waals surface area contributed by atoms with Gasteiger partial charge in [-0.3, -0.25) is 14.7 Å². The summed E-state index contributed by atoms with van der Waals surface area (Å²) in [7, 11) is 0. The molecule has 0 radical (unpaired) electrons. The lowest BCUT2D eigenvalue weighted by molar-refractivity contribution is -0.144. The number of aromatic nitrogens is 3. The first kappa shape index (κ1) is 14.1. The van der Waals surface area contributed by atoms with E-state index in [1.54, 1.807) is 24.3 Å². The highest BCUT2D eigenvalue weighted by molar-refractivity contribution is 7.99. The second kappa shape index (κ2) is 6.20. The average molecular weight is 292 g/mol. The third-order valence-electron chi connectivity index (χ3n) is 2.49. The van der Waals surface area contributed by atoms with Crippen molar-refractivity contribution in [3.05, 3.63) is 30.6 Å². The summed E-state index contributed by atoms with van der Waals surface area (Å²) in [4.78, 5) is 27.2. The van der Waals surface area contributed by atoms with Crippen LogP contribution in [0.25, 0.3) is 0 Å². The fraction of sp³-hybridized carbons (Fsp3) is 0.167. The van der Waals surface area contributed by atoms with Gasteiger partial charge in [0.15, 0.2) is 5.16 Å². The van der Waals surface area contributed by atoms with Crippen LogP contribution >= 0.6 is 11.8 Å². The van der Waals surface area contributed by atoms with E-state index >= 15 is 0 Å². The molecule has 0 aliphatic carbocycles. The Morgan fingerprint density at radius 3 is 2.60 bits per heavy atom. The topological polar surface area (TPSA) is 108 Å². The van der Waals surface area contributed by atoms with E-state index in [9.17, 15) is 9.59 Å². The summed E-state index contributed by atoms with van der Waals surface area (Å²) in [6.07, 6.45) is 1.42. The number of amides is 1. The summed E-state index contributed by atoms with van der Waals surface area (Å²) >= 11 is 1.40. The molecule has 2 aromatic rings. The molecule has 1 amide bonds. The van der Waals surface area contributed by atoms with Gasteiger partial charge >= 0.3 is 5.97 Å². The molecular weight excluding hydrogens is 280 g/mol. The highest BCUT2D eigenvalue weighted by atomic mass is 32.2. The van der Waals surface area contributed by atoms with Crippen molar-refractivity contribution in [1.29, 1.82) is 0 Å². The molecule has 3 N–H and O–H groups in total. The van der Waals surface area contributed by atoms with Gasteiger partial charge in [0.25, 0.3) is 0 Å². The van der Waals surface area contributed by atoms with Crippen molar-refractivity contribution in [2.75, 3.05) is 5.32 Å². The van der Waals surface area contributed by atoms with Gasteiger partial charge in [-0.2, -0.15) is 5.10 Å². The zero-order chi connectivity index (χ0) is 14.5. The second-order valence-electron chi connectivity index (χ2n) is 3.97. The Kier molecular flexibility index (Phi) is 4.36. The van der Waals surface area contributed by atoms with Gasteiger partial charge in [0.1, 0.15) is 12.2 Å². The van der Waals surface area contributed by atoms with Crippen molar-refractivity contribution in [3.63, 3.8) is 0 Å². The molecule has 0 saturated heterocycles. The summed E-state index contributed by atoms with van der Waals surface area (Å²) in [6.45, 7) is 1.34. The van der Waals surface area contributed by atoms with E-state index in [0.29, 0.717) is 10.8 Å². The lowest BCUT2D eigenvalue weighted by atomic mass is 10.1. The molecule has 20 heavy (non-hydrogen) atoms. The standard InChI is InChI=1S/C12H12N4O3S/c1-7(11(18)19)10(17)15-8-2-4-9(5-3-8)20-12-13-6-14-16-12/h2-7H,1H3,(H,15,17)(H,18,19)(H,13,14,16). The third kappa shape index (κ3) is 3.58. The number of hydrogen-bond acceptors (Lipinski definition) is 5. The minimum absolute atomic E-state index is 0.546. The number of H-pyrrole nitrogens is 1. The summed E-state index contributed by atoms with van der Waals surface area (Å²) < 4.78 is 0. The van der Waals surface area contributed by atoms with Crippen molar-refractivity contribution in [3.8, 4) is 0 Å². The van der Waals surface area contributed by atoms with Gasteiger partial charge in [-0.05, 0) is 31.2 Å². The second-order valence-corrected chi connectivity index (χ2v) is 5.03. The van der Waals surface area contributed by atoms with Crippen LogP contribution < -0.4 is 5.32 Å². The Morgan fingerprint density at radius 1 is 1.35 bits per heavy atom. The quantitative estimate of drug-likeness (QED) is 0.723. The van der Waals surface area contributed by atoms with Crippen molar-refractivity contribution >= 4 is 29.3 Å². The molecule has 0 fully saturated rings. The van der Waals surface area contributed by atoms with Gasteiger partial charge in [0, 0.05) is 10.6 Å². The first-order valence-electron chi connectivity index (χ1n) is 5.73. The Balaban J connectivity index is 1.98. The molecule has 0 bridgehead atoms. The largest absolute Gasteiger partial charge is 0.481 e. The zero-order valence-electron chi connectivity index (χ0n) is 10.5. The van der Waals surface area contributed by atoms with Gasteiger partial charge in [0.2, 0.25) is 5.91 Å². The number of rotatable bonds is 5. The molecule has 0 saturated carbocycles. The average Bonchev–Trinajstić information content (AvgIpc) is 2.92. The minimum Gasteiger partial charge on any atom is -0.481 e. The van der Waals surface area contributed by atoms with Crippen LogP contribution in [0.3, 0.4) is 0 Å². The molecule has 1 atom stereocenters. The first-order valence-corrected chi connectivity index (χ1v) is 6.55. The van der Waals surface area contributed by atoms with Crippen molar-refractivity contribution in [1.82, 2.24) is 15.2 Å². The van der Waals surface area contributed by atoms with Gasteiger partial charge in [-0.15, -0.1) is 0 Å². The number of nitrogens with zero attached hydrogens (tertiary/aromatic N) is 2. The summed E-state index contributed by atoms with van der Waals surface area (Å²) in [5.41, 5.74) is 0.546. The van der Waals surface area contributed by atoms with E-state index in [-0.39, 0.29) is 0 Å². The van der Waals surface area contributed by atoms with Gasteiger partial charge in [-0.25, -0.2) is 4.98 Å². The van der Waals surface area contributed by atoms with Crippen LogP contribution in [0, 0.1) is 5.92 Å². The van der Waals surface area contributed by atoms with Crippen LogP contribution in [-0.2, 0) is 9.59 Å². The monoisotopic (exact) mass is 292 g/mol. The molecule has 0 aliphatic rings. The molecule has 1 aromatic heterocycles. The maximum Gasteiger partial charge on any atom is 0.315 e. The lowest BCUT2D eigenvalue weighted by Crippen LogP contribution is -2.26. The summed E-state index contributed by atoms with van der Waals surface area (Å²) in [5, 5.41) is 18.4. The lowest BCUT2D eigenvalue weighted by Gasteiger charge is -2.08. The van der Waals surface area contributed by atoms with Crippen molar-refractivity contribution in [2.24, 2.45) is 5.92 Å². The predicted octanol–water partition coefficient (Wildman–Crippen LogP) is 1.62. The highest BCUT2D eigenvalue weighted by Crippen LogP contribution is 2.25. The summed E-state index contributed by atoms with van der Waals surface area (Å²) in [6, 6.07) is 7.00. The van der Waals surface area contributed by atoms with E-state index < -0.39 is 17.8 Å². The number of carbonyl (C=O) groups is 2. The third-order valence-corrected chi connectivity index (χ3v) is 3.39. The maximum atomic E-state index is 11.6. The number of carbonyl (C=O) groups excluding carboxylic acids is 1. The molecule has 1 heterocycles. The highest BCUT2D eigenvalue weighted by Gasteiger charge is 2.20. The van der Waals surface area contributed by atoms with Gasteiger partial charge < -0.3 is 10.4 Å². The van der Waals surface area contributed by atoms with Crippen LogP contribution in [0.2, 0.25) is 0 Å². The number of hydrogen-bond donors (Lipinski definition) is 3. The minimum atomic E-state index is -1.15. The first-order chi connectivity index (χ1) is 9.56. The molecule has 0 spiro atoms. The summed E-state index contributed by atoms with van der Waals surface area (Å²) in [5.74, 6) is -2.79. The van der Waals surface area contributed by atoms with Crippen molar-refractivity contribution < 1.29 is 14.7 Å². The van der Waals surface area contributed by atoms with Gasteiger partial charge in [-0.1, -0.05) is 11.8 Å². The van der Waals surface area contributed by atoms with E-state index in [1.165, 1.54) is 25.0 Å². The Morgan fingerprint density at radius 2 is 2.05 bits per heavy atom. The maximum absolute atomic E-state index is 11.6. The van der Waals surface area contributed by atoms with Gasteiger partial charge in [0.05, 0.1) is 0 Å². The molecule has 2 rings (SSSR count). The number of benzene rings is 1. The number of anilines is 1. The number of carboxylic acids is 1. The smallest absolute Gasteiger partial charge is 0.315 e. The molecule has 8 heteroatoms.